The van der Waals surface area contributed by atoms with Crippen molar-refractivity contribution in [3.63, 3.8) is 0 Å². The normalized spacial score (nSPS) is 18.8. The van der Waals surface area contributed by atoms with Gasteiger partial charge >= 0.3 is 5.97 Å². The number of methoxy groups -OCH3 is 1. The summed E-state index contributed by atoms with van der Waals surface area (Å²) in [5.74, 6) is -0.0885. The lowest BCUT2D eigenvalue weighted by molar-refractivity contribution is -0.139. The number of carboxylic acids is 1. The second kappa shape index (κ2) is 14.0. The number of benzene rings is 2. The first-order chi connectivity index (χ1) is 18.9. The largest absolute Gasteiger partial charge is 0.497 e. The zero-order valence-electron chi connectivity index (χ0n) is 22.2. The van der Waals surface area contributed by atoms with Crippen molar-refractivity contribution in [3.8, 4) is 5.75 Å². The van der Waals surface area contributed by atoms with Crippen molar-refractivity contribution in [3.05, 3.63) is 65.9 Å². The molecule has 1 fully saturated rings. The van der Waals surface area contributed by atoms with Crippen LogP contribution in [0.4, 0.5) is 8.78 Å². The third kappa shape index (κ3) is 7.88. The minimum absolute atomic E-state index is 0.00429. The Hall–Kier alpha value is -2.79. The predicted molar refractivity (Wildman–Crippen MR) is 148 cm³/mol. The van der Waals surface area contributed by atoms with Crippen LogP contribution in [0.2, 0.25) is 0 Å². The molecule has 0 aliphatic carbocycles. The Kier molecular flexibility index (Phi) is 10.5. The van der Waals surface area contributed by atoms with Crippen molar-refractivity contribution in [1.29, 1.82) is 0 Å². The Morgan fingerprint density at radius 1 is 1.21 bits per heavy atom. The van der Waals surface area contributed by atoms with Crippen LogP contribution in [0.25, 0.3) is 10.9 Å². The zero-order chi connectivity index (χ0) is 27.8. The maximum atomic E-state index is 14.0. The zero-order valence-corrected chi connectivity index (χ0v) is 23.1. The van der Waals surface area contributed by atoms with Crippen molar-refractivity contribution in [2.45, 2.75) is 36.6 Å². The summed E-state index contributed by atoms with van der Waals surface area (Å²) in [6, 6.07) is 11.1. The number of carboxylic acid groups (broad SMARTS) is 1. The minimum Gasteiger partial charge on any atom is -0.497 e. The number of nitrogens with zero attached hydrogens (tertiary/aromatic N) is 2. The lowest BCUT2D eigenvalue weighted by Gasteiger charge is -2.38. The van der Waals surface area contributed by atoms with Crippen LogP contribution in [-0.2, 0) is 9.63 Å². The number of nitrogens with one attached hydrogen (secondary N) is 1. The summed E-state index contributed by atoms with van der Waals surface area (Å²) in [6.45, 7) is 2.19. The SMILES string of the molecule is CON[C@H](CC[C@@H]1CCN(CCSc2cc(F)ccc2F)C[C@@H]1CC(=O)O)c1ccnc2ccc(OC)cc12. The first-order valence-corrected chi connectivity index (χ1v) is 14.1. The van der Waals surface area contributed by atoms with Crippen molar-refractivity contribution in [2.24, 2.45) is 11.8 Å². The Morgan fingerprint density at radius 2 is 2.05 bits per heavy atom. The Labute approximate surface area is 231 Å². The van der Waals surface area contributed by atoms with Crippen LogP contribution < -0.4 is 10.2 Å². The number of likely N-dealkylation sites (tertiary alicyclic amines) is 1. The Balaban J connectivity index is 1.40. The number of rotatable bonds is 13. The van der Waals surface area contributed by atoms with E-state index in [1.165, 1.54) is 17.8 Å². The van der Waals surface area contributed by atoms with E-state index in [-0.39, 0.29) is 24.3 Å². The first-order valence-electron chi connectivity index (χ1n) is 13.1. The summed E-state index contributed by atoms with van der Waals surface area (Å²) in [5, 5.41) is 10.6. The molecule has 1 saturated heterocycles. The molecule has 10 heteroatoms. The van der Waals surface area contributed by atoms with Crippen LogP contribution in [0.1, 0.15) is 37.3 Å². The molecule has 210 valence electrons. The van der Waals surface area contributed by atoms with Gasteiger partial charge in [0, 0.05) is 41.7 Å². The van der Waals surface area contributed by atoms with E-state index in [1.54, 1.807) is 20.4 Å². The van der Waals surface area contributed by atoms with Crippen molar-refractivity contribution >= 4 is 28.6 Å². The van der Waals surface area contributed by atoms with E-state index in [4.69, 9.17) is 9.57 Å². The number of pyridine rings is 1. The van der Waals surface area contributed by atoms with Crippen LogP contribution in [0.3, 0.4) is 0 Å². The predicted octanol–water partition coefficient (Wildman–Crippen LogP) is 5.70. The lowest BCUT2D eigenvalue weighted by atomic mass is 9.79. The van der Waals surface area contributed by atoms with Gasteiger partial charge in [0.1, 0.15) is 17.4 Å². The van der Waals surface area contributed by atoms with E-state index < -0.39 is 17.6 Å². The monoisotopic (exact) mass is 559 g/mol. The van der Waals surface area contributed by atoms with E-state index in [2.05, 4.69) is 15.4 Å². The summed E-state index contributed by atoms with van der Waals surface area (Å²) in [5.41, 5.74) is 5.04. The van der Waals surface area contributed by atoms with Crippen molar-refractivity contribution < 1.29 is 28.3 Å². The molecule has 0 radical (unpaired) electrons. The highest BCUT2D eigenvalue weighted by molar-refractivity contribution is 7.99. The van der Waals surface area contributed by atoms with Crippen LogP contribution in [0.5, 0.6) is 5.75 Å². The second-order valence-electron chi connectivity index (χ2n) is 9.87. The van der Waals surface area contributed by atoms with Crippen LogP contribution in [0.15, 0.2) is 53.6 Å². The summed E-state index contributed by atoms with van der Waals surface area (Å²) in [4.78, 5) is 24.1. The number of fused-ring (bicyclic) bond motifs is 1. The second-order valence-corrected chi connectivity index (χ2v) is 11.0. The quantitative estimate of drug-likeness (QED) is 0.204. The molecule has 3 aromatic rings. The molecule has 1 aliphatic rings. The van der Waals surface area contributed by atoms with Crippen LogP contribution >= 0.6 is 11.8 Å². The average molecular weight is 560 g/mol. The Morgan fingerprint density at radius 3 is 2.82 bits per heavy atom. The standard InChI is InChI=1S/C29H35F2N3O4S/c1-37-22-5-8-26-24(17-22)23(9-11-32-26)27(33-38-2)7-3-19-10-12-34(18-20(19)15-29(35)36)13-14-39-28-16-21(30)4-6-25(28)31/h4-6,8-9,11,16-17,19-20,27,33H,3,7,10,12-15,18H2,1-2H3,(H,35,36)/t19-,20+,27-/m1/s1. The van der Waals surface area contributed by atoms with Crippen LogP contribution in [0, 0.1) is 23.5 Å². The molecule has 2 heterocycles. The molecular weight excluding hydrogens is 524 g/mol. The number of aliphatic carboxylic acids is 1. The average Bonchev–Trinajstić information content (AvgIpc) is 2.93. The molecular formula is C29H35F2N3O4S. The Bertz CT molecular complexity index is 1260. The maximum absolute atomic E-state index is 14.0. The highest BCUT2D eigenvalue weighted by atomic mass is 32.2. The van der Waals surface area contributed by atoms with Gasteiger partial charge in [-0.3, -0.25) is 9.78 Å². The van der Waals surface area contributed by atoms with Gasteiger partial charge in [0.15, 0.2) is 0 Å². The van der Waals surface area contributed by atoms with Gasteiger partial charge in [-0.25, -0.2) is 8.78 Å². The molecule has 1 aromatic heterocycles. The van der Waals surface area contributed by atoms with E-state index in [0.717, 1.165) is 60.2 Å². The molecule has 4 rings (SSSR count). The van der Waals surface area contributed by atoms with Crippen molar-refractivity contribution in [2.75, 3.05) is 39.6 Å². The molecule has 3 atom stereocenters. The summed E-state index contributed by atoms with van der Waals surface area (Å²) in [6.07, 6.45) is 4.36. The smallest absolute Gasteiger partial charge is 0.303 e. The van der Waals surface area contributed by atoms with E-state index in [0.29, 0.717) is 23.7 Å². The van der Waals surface area contributed by atoms with Gasteiger partial charge in [-0.05, 0) is 85.7 Å². The molecule has 0 saturated carbocycles. The molecule has 0 amide bonds. The molecule has 1 aliphatic heterocycles. The van der Waals surface area contributed by atoms with E-state index in [9.17, 15) is 18.7 Å². The fraction of sp³-hybridized carbons (Fsp3) is 0.448. The first kappa shape index (κ1) is 29.2. The molecule has 0 unspecified atom stereocenters. The summed E-state index contributed by atoms with van der Waals surface area (Å²) >= 11 is 1.28. The fourth-order valence-corrected chi connectivity index (χ4v) is 6.42. The number of carbonyl (C=O) groups is 1. The highest BCUT2D eigenvalue weighted by Gasteiger charge is 2.31. The van der Waals surface area contributed by atoms with Crippen molar-refractivity contribution in [1.82, 2.24) is 15.4 Å². The topological polar surface area (TPSA) is 83.9 Å². The molecule has 2 aromatic carbocycles. The van der Waals surface area contributed by atoms with Gasteiger partial charge in [0.25, 0.3) is 0 Å². The molecule has 2 N–H and O–H groups in total. The molecule has 39 heavy (non-hydrogen) atoms. The van der Waals surface area contributed by atoms with Gasteiger partial charge < -0.3 is 19.6 Å². The van der Waals surface area contributed by atoms with Crippen LogP contribution in [-0.4, -0.2) is 60.6 Å². The van der Waals surface area contributed by atoms with Gasteiger partial charge in [0.2, 0.25) is 0 Å². The maximum Gasteiger partial charge on any atom is 0.303 e. The fourth-order valence-electron chi connectivity index (χ4n) is 5.45. The van der Waals surface area contributed by atoms with E-state index >= 15 is 0 Å². The van der Waals surface area contributed by atoms with Gasteiger partial charge in [-0.2, -0.15) is 5.48 Å². The molecule has 0 spiro atoms. The summed E-state index contributed by atoms with van der Waals surface area (Å²) in [7, 11) is 3.23. The highest BCUT2D eigenvalue weighted by Crippen LogP contribution is 2.35. The number of hydrogen-bond acceptors (Lipinski definition) is 7. The van der Waals surface area contributed by atoms with Gasteiger partial charge in [-0.1, -0.05) is 0 Å². The lowest BCUT2D eigenvalue weighted by Crippen LogP contribution is -2.42. The number of hydrogen-bond donors (Lipinski definition) is 2. The third-order valence-corrected chi connectivity index (χ3v) is 8.43. The molecule has 7 nitrogen and oxygen atoms in total. The number of hydroxylamine groups is 1. The van der Waals surface area contributed by atoms with Gasteiger partial charge in [0.05, 0.1) is 25.8 Å². The molecule has 0 bridgehead atoms. The number of halogens is 2. The van der Waals surface area contributed by atoms with E-state index in [1.807, 2.05) is 24.3 Å². The third-order valence-electron chi connectivity index (χ3n) is 7.41. The number of piperidine rings is 1. The number of ether oxygens (including phenoxy) is 1. The summed E-state index contributed by atoms with van der Waals surface area (Å²) < 4.78 is 32.8. The number of aromatic nitrogens is 1. The number of thioether (sulfide) groups is 1. The van der Waals surface area contributed by atoms with Gasteiger partial charge in [-0.15, -0.1) is 11.8 Å². The minimum atomic E-state index is -0.804.